The third kappa shape index (κ3) is 2.15. The normalized spacial score (nSPS) is 19.6. The number of halogens is 3. The van der Waals surface area contributed by atoms with Crippen molar-refractivity contribution in [3.05, 3.63) is 23.8 Å². The van der Waals surface area contributed by atoms with Gasteiger partial charge >= 0.3 is 6.36 Å². The third-order valence-corrected chi connectivity index (χ3v) is 2.03. The lowest BCUT2D eigenvalue weighted by molar-refractivity contribution is -0.274. The molecule has 0 fully saturated rings. The van der Waals surface area contributed by atoms with Crippen molar-refractivity contribution in [2.45, 2.75) is 12.4 Å². The molecule has 2 N–H and O–H groups in total. The maximum Gasteiger partial charge on any atom is 0.573 e. The minimum Gasteiger partial charge on any atom is -0.491 e. The highest BCUT2D eigenvalue weighted by Gasteiger charge is 2.32. The van der Waals surface area contributed by atoms with Crippen LogP contribution in [-0.4, -0.2) is 13.0 Å². The van der Waals surface area contributed by atoms with E-state index >= 15 is 0 Å². The van der Waals surface area contributed by atoms with E-state index in [9.17, 15) is 13.2 Å². The Kier molecular flexibility index (Phi) is 2.22. The number of alkyl halides is 3. The van der Waals surface area contributed by atoms with Gasteiger partial charge in [-0.05, 0) is 18.2 Å². The smallest absolute Gasteiger partial charge is 0.491 e. The molecule has 82 valence electrons. The molecule has 1 aliphatic heterocycles. The summed E-state index contributed by atoms with van der Waals surface area (Å²) >= 11 is 0. The molecule has 0 saturated carbocycles. The average Bonchev–Trinajstić information content (AvgIpc) is 2.45. The van der Waals surface area contributed by atoms with Gasteiger partial charge in [-0.3, -0.25) is 0 Å². The quantitative estimate of drug-likeness (QED) is 0.785. The zero-order chi connectivity index (χ0) is 11.1. The molecule has 0 saturated heterocycles. The van der Waals surface area contributed by atoms with Gasteiger partial charge in [-0.1, -0.05) is 0 Å². The van der Waals surface area contributed by atoms with E-state index in [4.69, 9.17) is 10.5 Å². The first-order chi connectivity index (χ1) is 6.96. The fraction of sp³-hybridized carbons (Fsp3) is 0.333. The molecule has 1 heterocycles. The number of nitrogens with two attached hydrogens (primary N) is 1. The zero-order valence-electron chi connectivity index (χ0n) is 7.54. The molecule has 1 aromatic carbocycles. The number of hydrogen-bond acceptors (Lipinski definition) is 3. The Hall–Kier alpha value is -1.43. The van der Waals surface area contributed by atoms with Gasteiger partial charge in [0.15, 0.2) is 0 Å². The fourth-order valence-corrected chi connectivity index (χ4v) is 1.41. The Morgan fingerprint density at radius 2 is 2.13 bits per heavy atom. The first-order valence-corrected chi connectivity index (χ1v) is 4.24. The molecule has 6 heteroatoms. The predicted molar refractivity (Wildman–Crippen MR) is 45.5 cm³/mol. The maximum atomic E-state index is 11.9. The van der Waals surface area contributed by atoms with E-state index in [2.05, 4.69) is 4.74 Å². The van der Waals surface area contributed by atoms with Gasteiger partial charge in [-0.15, -0.1) is 13.2 Å². The fourth-order valence-electron chi connectivity index (χ4n) is 1.41. The van der Waals surface area contributed by atoms with Gasteiger partial charge in [-0.25, -0.2) is 0 Å². The standard InChI is InChI=1S/C9H8F3NO2/c10-9(11,12)15-5-1-2-8-6(3-5)7(13)4-14-8/h1-3,7H,4,13H2. The summed E-state index contributed by atoms with van der Waals surface area (Å²) in [5.41, 5.74) is 6.16. The molecule has 1 aromatic rings. The highest BCUT2D eigenvalue weighted by atomic mass is 19.4. The van der Waals surface area contributed by atoms with E-state index in [0.717, 1.165) is 0 Å². The largest absolute Gasteiger partial charge is 0.573 e. The van der Waals surface area contributed by atoms with Crippen LogP contribution in [0.4, 0.5) is 13.2 Å². The molecule has 0 aromatic heterocycles. The molecule has 0 amide bonds. The molecular weight excluding hydrogens is 211 g/mol. The van der Waals surface area contributed by atoms with Crippen LogP contribution >= 0.6 is 0 Å². The van der Waals surface area contributed by atoms with E-state index in [1.54, 1.807) is 0 Å². The average molecular weight is 219 g/mol. The summed E-state index contributed by atoms with van der Waals surface area (Å²) in [6, 6.07) is 3.48. The lowest BCUT2D eigenvalue weighted by Gasteiger charge is -2.10. The summed E-state index contributed by atoms with van der Waals surface area (Å²) in [4.78, 5) is 0. The number of fused-ring (bicyclic) bond motifs is 1. The molecule has 0 aliphatic carbocycles. The van der Waals surface area contributed by atoms with E-state index in [0.29, 0.717) is 11.3 Å². The second kappa shape index (κ2) is 3.30. The van der Waals surface area contributed by atoms with Crippen LogP contribution in [-0.2, 0) is 0 Å². The van der Waals surface area contributed by atoms with Gasteiger partial charge in [0, 0.05) is 5.56 Å². The summed E-state index contributed by atoms with van der Waals surface area (Å²) in [5.74, 6) is 0.235. The topological polar surface area (TPSA) is 44.5 Å². The van der Waals surface area contributed by atoms with Crippen molar-refractivity contribution >= 4 is 0 Å². The summed E-state index contributed by atoms with van der Waals surface area (Å²) in [6.07, 6.45) is -4.68. The minimum absolute atomic E-state index is 0.276. The van der Waals surface area contributed by atoms with Gasteiger partial charge in [0.05, 0.1) is 6.04 Å². The van der Waals surface area contributed by atoms with Crippen molar-refractivity contribution in [3.63, 3.8) is 0 Å². The van der Waals surface area contributed by atoms with Crippen molar-refractivity contribution < 1.29 is 22.6 Å². The Bertz CT molecular complexity index is 378. The predicted octanol–water partition coefficient (Wildman–Crippen LogP) is 1.98. The molecule has 2 rings (SSSR count). The highest BCUT2D eigenvalue weighted by molar-refractivity contribution is 5.44. The first kappa shape index (κ1) is 10.1. The van der Waals surface area contributed by atoms with E-state index in [1.165, 1.54) is 18.2 Å². The van der Waals surface area contributed by atoms with Crippen LogP contribution in [0.15, 0.2) is 18.2 Å². The Balaban J connectivity index is 2.26. The van der Waals surface area contributed by atoms with Crippen LogP contribution in [0, 0.1) is 0 Å². The first-order valence-electron chi connectivity index (χ1n) is 4.24. The van der Waals surface area contributed by atoms with E-state index in [1.807, 2.05) is 0 Å². The van der Waals surface area contributed by atoms with E-state index < -0.39 is 12.4 Å². The molecule has 0 radical (unpaired) electrons. The maximum absolute atomic E-state index is 11.9. The van der Waals surface area contributed by atoms with Gasteiger partial charge in [0.25, 0.3) is 0 Å². The molecule has 0 spiro atoms. The lowest BCUT2D eigenvalue weighted by Crippen LogP contribution is -2.17. The Morgan fingerprint density at radius 3 is 2.80 bits per heavy atom. The second-order valence-corrected chi connectivity index (χ2v) is 3.16. The minimum atomic E-state index is -4.68. The summed E-state index contributed by atoms with van der Waals surface area (Å²) in [5, 5.41) is 0. The molecule has 15 heavy (non-hydrogen) atoms. The van der Waals surface area contributed by atoms with Crippen molar-refractivity contribution in [3.8, 4) is 11.5 Å². The van der Waals surface area contributed by atoms with Crippen molar-refractivity contribution in [1.82, 2.24) is 0 Å². The Morgan fingerprint density at radius 1 is 1.40 bits per heavy atom. The zero-order valence-corrected chi connectivity index (χ0v) is 7.54. The number of benzene rings is 1. The lowest BCUT2D eigenvalue weighted by atomic mass is 10.1. The van der Waals surface area contributed by atoms with Crippen LogP contribution in [0.2, 0.25) is 0 Å². The molecule has 1 aliphatic rings. The van der Waals surface area contributed by atoms with Crippen molar-refractivity contribution in [1.29, 1.82) is 0 Å². The van der Waals surface area contributed by atoms with Crippen LogP contribution in [0.5, 0.6) is 11.5 Å². The molecule has 3 nitrogen and oxygen atoms in total. The summed E-state index contributed by atoms with van der Waals surface area (Å²) in [6.45, 7) is 0.283. The number of rotatable bonds is 1. The van der Waals surface area contributed by atoms with Crippen LogP contribution in [0.3, 0.4) is 0 Å². The van der Waals surface area contributed by atoms with Crippen LogP contribution in [0.25, 0.3) is 0 Å². The molecule has 1 unspecified atom stereocenters. The second-order valence-electron chi connectivity index (χ2n) is 3.16. The SMILES string of the molecule is NC1COc2ccc(OC(F)(F)F)cc21. The third-order valence-electron chi connectivity index (χ3n) is 2.03. The van der Waals surface area contributed by atoms with Gasteiger partial charge < -0.3 is 15.2 Å². The van der Waals surface area contributed by atoms with Crippen molar-refractivity contribution in [2.24, 2.45) is 5.73 Å². The van der Waals surface area contributed by atoms with Gasteiger partial charge in [-0.2, -0.15) is 0 Å². The summed E-state index contributed by atoms with van der Waals surface area (Å²) in [7, 11) is 0. The van der Waals surface area contributed by atoms with Crippen LogP contribution in [0.1, 0.15) is 11.6 Å². The number of ether oxygens (including phenoxy) is 2. The highest BCUT2D eigenvalue weighted by Crippen LogP contribution is 2.35. The molecular formula is C9H8F3NO2. The Labute approximate surface area is 83.6 Å². The monoisotopic (exact) mass is 219 g/mol. The summed E-state index contributed by atoms with van der Waals surface area (Å²) < 4.78 is 44.6. The number of hydrogen-bond donors (Lipinski definition) is 1. The molecule has 1 atom stereocenters. The van der Waals surface area contributed by atoms with Gasteiger partial charge in [0.2, 0.25) is 0 Å². The van der Waals surface area contributed by atoms with E-state index in [-0.39, 0.29) is 12.4 Å². The van der Waals surface area contributed by atoms with Crippen LogP contribution < -0.4 is 15.2 Å². The van der Waals surface area contributed by atoms with Gasteiger partial charge in [0.1, 0.15) is 18.1 Å². The van der Waals surface area contributed by atoms with Crippen molar-refractivity contribution in [2.75, 3.05) is 6.61 Å². The molecule has 0 bridgehead atoms.